The fourth-order valence-corrected chi connectivity index (χ4v) is 19.2. The van der Waals surface area contributed by atoms with Gasteiger partial charge in [0.25, 0.3) is 16.7 Å². The van der Waals surface area contributed by atoms with Crippen LogP contribution in [0.5, 0.6) is 0 Å². The summed E-state index contributed by atoms with van der Waals surface area (Å²) in [5.74, 6) is 1.28. The molecule has 12 heterocycles. The number of nitrogens with one attached hydrogen (secondary N) is 4. The van der Waals surface area contributed by atoms with E-state index in [-0.39, 0.29) is 67.1 Å². The molecule has 20 unspecified atom stereocenters. The van der Waals surface area contributed by atoms with E-state index in [1.807, 2.05) is 0 Å². The van der Waals surface area contributed by atoms with Gasteiger partial charge in [-0.25, -0.2) is 34.3 Å². The Morgan fingerprint density at radius 1 is 0.459 bits per heavy atom. The predicted molar refractivity (Wildman–Crippen MR) is 448 cm³/mol. The molecule has 0 saturated carbocycles. The first-order valence-electron chi connectivity index (χ1n) is 32.7. The van der Waals surface area contributed by atoms with Crippen LogP contribution >= 0.6 is 127 Å². The molecular weight excluding hydrogens is 1760 g/mol. The molecule has 0 aromatic carbocycles. The number of ether oxygens (including phenoxy) is 5. The van der Waals surface area contributed by atoms with E-state index in [2.05, 4.69) is 95.5 Å². The van der Waals surface area contributed by atoms with E-state index in [0.717, 1.165) is 22.8 Å². The van der Waals surface area contributed by atoms with Crippen LogP contribution in [0.15, 0.2) is 78.5 Å². The molecule has 58 heteroatoms. The summed E-state index contributed by atoms with van der Waals surface area (Å²) < 4.78 is 63.3. The SMILES string of the molecule is CNc1ccn([C@@H]2O[C@H](COPPP)C(O)[C@@H]2O)c(=O)n1.CNc1nc2c(ncn2[C@@H]2O[C@H](COPPP)C(O)[C@@H]2O)c(=O)[nH]1.CNc1ncnc2c1ncn2[C@@H]1O[C@H](COPPP)C(O)[C@@H]1O.Cc1cn([C@@H]2O[C@H](COPPP)C(O)[C@@H]2O)c(=O)n(C)c1=O.Cn1c(=O)ccn([C@@H]2O[C@H](COPPP)C(O)[C@@H]2O)c1=O. The Labute approximate surface area is 659 Å². The van der Waals surface area contributed by atoms with Crippen LogP contribution in [0.4, 0.5) is 17.6 Å². The highest BCUT2D eigenvalue weighted by atomic mass is 32.4. The quantitative estimate of drug-likeness (QED) is 0.0202. The number of hydrogen-bond donors (Lipinski definition) is 14. The zero-order chi connectivity index (χ0) is 81.1. The molecule has 7 aromatic heterocycles. The van der Waals surface area contributed by atoms with Crippen LogP contribution in [-0.4, -0.2) is 264 Å². The van der Waals surface area contributed by atoms with Gasteiger partial charge in [0, 0.05) is 108 Å². The van der Waals surface area contributed by atoms with Gasteiger partial charge in [0.05, 0.1) is 45.7 Å². The van der Waals surface area contributed by atoms with Crippen molar-refractivity contribution < 1.29 is 97.4 Å². The first kappa shape index (κ1) is 94.7. The van der Waals surface area contributed by atoms with Gasteiger partial charge in [0.1, 0.15) is 109 Å². The van der Waals surface area contributed by atoms with Crippen LogP contribution in [0.1, 0.15) is 36.7 Å². The summed E-state index contributed by atoms with van der Waals surface area (Å²) in [5, 5.41) is 110. The molecule has 5 aliphatic rings. The summed E-state index contributed by atoms with van der Waals surface area (Å²) >= 11 is 0. The maximum Gasteiger partial charge on any atom is 0.351 e. The molecule has 5 fully saturated rings. The van der Waals surface area contributed by atoms with E-state index in [1.165, 1.54) is 62.3 Å². The van der Waals surface area contributed by atoms with Crippen LogP contribution in [0, 0.1) is 6.92 Å². The number of aliphatic hydroxyl groups excluding tert-OH is 10. The highest BCUT2D eigenvalue weighted by molar-refractivity contribution is 8.39. The van der Waals surface area contributed by atoms with E-state index >= 15 is 0 Å². The molecule has 0 aliphatic carbocycles. The lowest BCUT2D eigenvalue weighted by molar-refractivity contribution is -0.0505. The fraction of sp³-hybridized carbons (Fsp3) is 0.585. The summed E-state index contributed by atoms with van der Waals surface area (Å²) in [6, 6.07) is 2.79. The van der Waals surface area contributed by atoms with E-state index in [4.69, 9.17) is 46.3 Å². The molecule has 618 valence electrons. The highest BCUT2D eigenvalue weighted by Crippen LogP contribution is 2.48. The number of nitrogens with zero attached hydrogens (tertiary/aromatic N) is 13. The standard InChI is InChI=1S/C11H18N5O5P3.C11H18N5O4P3.C11H19N2O6P3.C10H18N3O5P3.C10H17N2O6P3/c1-12-11-14-8-5(9(19)15-11)13-3-16(8)10-7(18)6(17)4(21-10)2-20-23-24-22;1-12-9-6-10(14-3-13-9)16(4-15-6)11-8(18)7(17)5(20-11)2-19-22-23-21;1-5-3-13(11(17)12(2)9(5)16)10-8(15)7(14)6(19-10)4-18-21-22-20;1-11-6-2-3-13(10(16)12-6)9-8(15)7(14)5(18-9)4-17-20-21-19;1-11-6(13)2-3-12(10(11)16)9-8(15)7(14)5(18-9)4-17-20-21-19/h3-4,6-7,10,17-18,23-24H,2,22H2,1H3,(H2,12,14,15,19);3-5,7-8,11,17-18,22-23H,2,21H2,1H3,(H,12,13,14);3,6-8,10,14-15,21-22H,4,20H2,1-2H3;2-3,5,7-9,14-15,20-21H,4,19H2,1H3,(H,11,12,16);2-3,5,7-9,14-15,20-21H,4,19H2,1H3/t4-,6?,7+,10-;5-,7?,8+,11-;6-,7?,8+,10-;2*5-,7?,8+,9-/m11111/s1. The van der Waals surface area contributed by atoms with E-state index < -0.39 is 156 Å². The van der Waals surface area contributed by atoms with Crippen molar-refractivity contribution in [1.82, 2.24) is 66.9 Å². The number of H-pyrrole nitrogens is 1. The van der Waals surface area contributed by atoms with Crippen molar-refractivity contribution in [2.24, 2.45) is 14.1 Å². The van der Waals surface area contributed by atoms with Crippen LogP contribution in [0.25, 0.3) is 22.3 Å². The highest BCUT2D eigenvalue weighted by Gasteiger charge is 2.49. The van der Waals surface area contributed by atoms with Gasteiger partial charge in [-0.2, -0.15) is 9.97 Å². The number of rotatable bonds is 28. The molecule has 14 N–H and O–H groups in total. The first-order chi connectivity index (χ1) is 53.2. The van der Waals surface area contributed by atoms with Gasteiger partial charge in [0.15, 0.2) is 53.8 Å². The molecule has 12 rings (SSSR count). The molecule has 0 radical (unpaired) electrons. The van der Waals surface area contributed by atoms with E-state index in [0.29, 0.717) is 93.6 Å². The van der Waals surface area contributed by atoms with Gasteiger partial charge < -0.3 is 113 Å². The van der Waals surface area contributed by atoms with Crippen molar-refractivity contribution >= 4 is 167 Å². The summed E-state index contributed by atoms with van der Waals surface area (Å²) in [7, 11) is 24.9. The normalized spacial score (nSPS) is 29.2. The molecule has 7 aromatic rings. The summed E-state index contributed by atoms with van der Waals surface area (Å²) in [6.45, 7) is 2.42. The Kier molecular flexibility index (Phi) is 39.3. The Morgan fingerprint density at radius 2 is 0.847 bits per heavy atom. The summed E-state index contributed by atoms with van der Waals surface area (Å²) in [5.41, 5.74) is -1.22. The second kappa shape index (κ2) is 46.1. The third-order valence-electron chi connectivity index (χ3n) is 17.0. The third kappa shape index (κ3) is 23.6. The average molecular weight is 1850 g/mol. The number of aromatic nitrogens is 14. The maximum atomic E-state index is 12.2. The molecule has 111 heavy (non-hydrogen) atoms. The Balaban J connectivity index is 0.000000174. The molecule has 0 amide bonds. The van der Waals surface area contributed by atoms with Gasteiger partial charge in [0.2, 0.25) is 5.95 Å². The lowest BCUT2D eigenvalue weighted by atomic mass is 10.1. The van der Waals surface area contributed by atoms with Crippen LogP contribution in [0.3, 0.4) is 0 Å². The summed E-state index contributed by atoms with van der Waals surface area (Å²) in [6.07, 6.45) is -11.3. The monoisotopic (exact) mass is 1850 g/mol. The van der Waals surface area contributed by atoms with Gasteiger partial charge in [-0.1, -0.05) is 39.8 Å². The third-order valence-corrected chi connectivity index (χ3v) is 28.4. The zero-order valence-corrected chi connectivity index (χ0v) is 75.2. The maximum absolute atomic E-state index is 12.2. The molecule has 0 bridgehead atoms. The number of anilines is 3. The minimum Gasteiger partial charge on any atom is -0.387 e. The van der Waals surface area contributed by atoms with Crippen molar-refractivity contribution in [2.75, 3.05) is 70.1 Å². The Morgan fingerprint density at radius 3 is 1.25 bits per heavy atom. The second-order valence-electron chi connectivity index (χ2n) is 23.8. The summed E-state index contributed by atoms with van der Waals surface area (Å²) in [4.78, 5) is 98.3. The first-order valence-corrected chi connectivity index (χ1v) is 56.3. The number of aryl methyl sites for hydroxylation is 1. The van der Waals surface area contributed by atoms with Crippen molar-refractivity contribution in [3.05, 3.63) is 118 Å². The van der Waals surface area contributed by atoms with Crippen molar-refractivity contribution in [3.63, 3.8) is 0 Å². The van der Waals surface area contributed by atoms with Gasteiger partial charge in [-0.3, -0.25) is 51.3 Å². The minimum atomic E-state index is -1.27. The topological polar surface area (TPSA) is 561 Å². The molecular formula is C53H90N17O26P15. The smallest absolute Gasteiger partial charge is 0.351 e. The predicted octanol–water partition coefficient (Wildman–Crippen LogP) is -1.22. The lowest BCUT2D eigenvalue weighted by Gasteiger charge is -2.18. The second-order valence-corrected chi connectivity index (χ2v) is 48.1. The molecule has 5 saturated heterocycles. The van der Waals surface area contributed by atoms with Crippen molar-refractivity contribution in [2.45, 2.75) is 130 Å². The van der Waals surface area contributed by atoms with Crippen LogP contribution < -0.4 is 49.7 Å². The number of fused-ring (bicyclic) bond motifs is 2. The van der Waals surface area contributed by atoms with E-state index in [9.17, 15) is 79.8 Å². The van der Waals surface area contributed by atoms with Crippen LogP contribution in [0.2, 0.25) is 0 Å². The van der Waals surface area contributed by atoms with Gasteiger partial charge >= 0.3 is 17.1 Å². The largest absolute Gasteiger partial charge is 0.387 e. The lowest BCUT2D eigenvalue weighted by Crippen LogP contribution is -2.43. The average Bonchev–Trinajstić information content (AvgIpc) is 1.68. The Hall–Kier alpha value is -1.81. The zero-order valence-electron chi connectivity index (χ0n) is 59.4. The van der Waals surface area contributed by atoms with Crippen molar-refractivity contribution in [1.29, 1.82) is 0 Å². The molecule has 35 atom stereocenters. The number of imidazole rings is 2. The Bertz CT molecular complexity index is 4510. The van der Waals surface area contributed by atoms with E-state index in [1.54, 1.807) is 38.7 Å². The van der Waals surface area contributed by atoms with Crippen LogP contribution in [-0.2, 0) is 60.4 Å². The van der Waals surface area contributed by atoms with Gasteiger partial charge in [-0.05, 0) is 13.0 Å². The van der Waals surface area contributed by atoms with Crippen molar-refractivity contribution in [3.8, 4) is 0 Å². The fourth-order valence-electron chi connectivity index (χ4n) is 11.3. The minimum absolute atomic E-state index is 0.129. The molecule has 0 spiro atoms. The number of hydrogen-bond acceptors (Lipinski definition) is 35. The van der Waals surface area contributed by atoms with Gasteiger partial charge in [-0.15, -0.1) is 44.6 Å². The number of aliphatic hydroxyl groups is 10. The molecule has 43 nitrogen and oxygen atoms in total. The number of aromatic amines is 1. The molecule has 5 aliphatic heterocycles.